The average molecular weight is 435 g/mol. The van der Waals surface area contributed by atoms with Gasteiger partial charge in [-0.05, 0) is 24.3 Å². The zero-order chi connectivity index (χ0) is 22.8. The van der Waals surface area contributed by atoms with Gasteiger partial charge in [-0.1, -0.05) is 42.5 Å². The van der Waals surface area contributed by atoms with E-state index in [1.165, 1.54) is 0 Å². The molecule has 3 N–H and O–H groups in total. The van der Waals surface area contributed by atoms with Crippen LogP contribution in [0, 0.1) is 0 Å². The number of carbonyl (C=O) groups is 1. The molecule has 162 valence electrons. The molecule has 0 atom stereocenters. The number of nitrogens with zero attached hydrogens (tertiary/aromatic N) is 5. The van der Waals surface area contributed by atoms with Gasteiger partial charge in [0, 0.05) is 36.0 Å². The summed E-state index contributed by atoms with van der Waals surface area (Å²) >= 11 is 0. The molecule has 5 aromatic rings. The average Bonchev–Trinajstić information content (AvgIpc) is 3.27. The minimum absolute atomic E-state index is 0.0681. The molecule has 8 nitrogen and oxygen atoms in total. The number of amides is 1. The van der Waals surface area contributed by atoms with Gasteiger partial charge < -0.3 is 11.1 Å². The summed E-state index contributed by atoms with van der Waals surface area (Å²) in [6.45, 7) is 0.262. The Kier molecular flexibility index (Phi) is 5.24. The van der Waals surface area contributed by atoms with Gasteiger partial charge in [0.2, 0.25) is 0 Å². The molecule has 0 spiro atoms. The first-order valence-electron chi connectivity index (χ1n) is 10.4. The van der Waals surface area contributed by atoms with Gasteiger partial charge >= 0.3 is 0 Å². The number of anilines is 1. The molecule has 0 saturated carbocycles. The minimum Gasteiger partial charge on any atom is -0.382 e. The first-order valence-corrected chi connectivity index (χ1v) is 10.4. The van der Waals surface area contributed by atoms with E-state index in [2.05, 4.69) is 20.4 Å². The fourth-order valence-corrected chi connectivity index (χ4v) is 3.65. The van der Waals surface area contributed by atoms with Crippen LogP contribution >= 0.6 is 0 Å². The highest BCUT2D eigenvalue weighted by molar-refractivity contribution is 5.98. The molecule has 1 amide bonds. The number of nitrogen functional groups attached to an aromatic ring is 1. The van der Waals surface area contributed by atoms with Crippen molar-refractivity contribution in [1.29, 1.82) is 0 Å². The van der Waals surface area contributed by atoms with Crippen LogP contribution in [0.5, 0.6) is 0 Å². The molecule has 3 heterocycles. The molecular formula is C25H21N7O. The van der Waals surface area contributed by atoms with Gasteiger partial charge in [0.05, 0.1) is 29.1 Å². The normalized spacial score (nSPS) is 10.9. The van der Waals surface area contributed by atoms with Crippen molar-refractivity contribution in [2.45, 2.75) is 6.54 Å². The van der Waals surface area contributed by atoms with E-state index >= 15 is 0 Å². The van der Waals surface area contributed by atoms with E-state index in [4.69, 9.17) is 10.7 Å². The number of fused-ring (bicyclic) bond motifs is 1. The van der Waals surface area contributed by atoms with Gasteiger partial charge in [0.15, 0.2) is 11.5 Å². The van der Waals surface area contributed by atoms with Crippen molar-refractivity contribution in [2.75, 3.05) is 5.73 Å². The van der Waals surface area contributed by atoms with Crippen LogP contribution in [0.1, 0.15) is 16.2 Å². The Morgan fingerprint density at radius 2 is 1.79 bits per heavy atom. The summed E-state index contributed by atoms with van der Waals surface area (Å²) in [5, 5.41) is 8.07. The van der Waals surface area contributed by atoms with Crippen LogP contribution < -0.4 is 11.1 Å². The van der Waals surface area contributed by atoms with Gasteiger partial charge in [-0.15, -0.1) is 0 Å². The molecule has 3 aromatic heterocycles. The summed E-state index contributed by atoms with van der Waals surface area (Å²) in [6.07, 6.45) is 3.57. The predicted octanol–water partition coefficient (Wildman–Crippen LogP) is 3.60. The first-order chi connectivity index (χ1) is 16.1. The highest BCUT2D eigenvalue weighted by Gasteiger charge is 2.20. The van der Waals surface area contributed by atoms with Crippen LogP contribution in [0.25, 0.3) is 33.4 Å². The third kappa shape index (κ3) is 4.14. The van der Waals surface area contributed by atoms with Crippen LogP contribution in [-0.4, -0.2) is 30.6 Å². The van der Waals surface area contributed by atoms with Crippen molar-refractivity contribution in [1.82, 2.24) is 30.0 Å². The maximum atomic E-state index is 13.0. The number of nitrogens with two attached hydrogens (primary N) is 1. The Bertz CT molecular complexity index is 1460. The highest BCUT2D eigenvalue weighted by atomic mass is 16.1. The van der Waals surface area contributed by atoms with Gasteiger partial charge in [-0.3, -0.25) is 14.5 Å². The number of hydrogen-bond acceptors (Lipinski definition) is 6. The second kappa shape index (κ2) is 8.51. The smallest absolute Gasteiger partial charge is 0.274 e. The van der Waals surface area contributed by atoms with Gasteiger partial charge in [0.25, 0.3) is 5.91 Å². The Morgan fingerprint density at radius 1 is 0.970 bits per heavy atom. The predicted molar refractivity (Wildman–Crippen MR) is 127 cm³/mol. The van der Waals surface area contributed by atoms with E-state index in [9.17, 15) is 4.79 Å². The van der Waals surface area contributed by atoms with E-state index in [1.54, 1.807) is 10.9 Å². The quantitative estimate of drug-likeness (QED) is 0.436. The number of benzene rings is 2. The number of hydrogen-bond donors (Lipinski definition) is 2. The molecule has 5 rings (SSSR count). The van der Waals surface area contributed by atoms with E-state index in [1.807, 2.05) is 80.0 Å². The minimum atomic E-state index is -0.408. The Labute approximate surface area is 190 Å². The molecule has 33 heavy (non-hydrogen) atoms. The van der Waals surface area contributed by atoms with Crippen molar-refractivity contribution in [2.24, 2.45) is 7.05 Å². The lowest BCUT2D eigenvalue weighted by Crippen LogP contribution is -2.26. The van der Waals surface area contributed by atoms with Crippen molar-refractivity contribution >= 4 is 22.6 Å². The van der Waals surface area contributed by atoms with Crippen molar-refractivity contribution in [3.63, 3.8) is 0 Å². The van der Waals surface area contributed by atoms with E-state index in [-0.39, 0.29) is 18.1 Å². The molecule has 8 heteroatoms. The lowest BCUT2D eigenvalue weighted by molar-refractivity contribution is 0.0946. The fourth-order valence-electron chi connectivity index (χ4n) is 3.65. The molecule has 0 bridgehead atoms. The number of aryl methyl sites for hydroxylation is 1. The molecule has 0 fully saturated rings. The van der Waals surface area contributed by atoms with Crippen molar-refractivity contribution < 1.29 is 4.79 Å². The fraction of sp³-hybridized carbons (Fsp3) is 0.0800. The maximum absolute atomic E-state index is 13.0. The second-order valence-corrected chi connectivity index (χ2v) is 7.59. The summed E-state index contributed by atoms with van der Waals surface area (Å²) in [5.41, 5.74) is 10.8. The number of aromatic nitrogens is 5. The molecule has 0 aliphatic carbocycles. The molecule has 0 radical (unpaired) electrons. The Hall–Kier alpha value is -4.59. The monoisotopic (exact) mass is 435 g/mol. The topological polar surface area (TPSA) is 112 Å². The van der Waals surface area contributed by atoms with Gasteiger partial charge in [-0.2, -0.15) is 5.10 Å². The summed E-state index contributed by atoms with van der Waals surface area (Å²) in [4.78, 5) is 26.6. The van der Waals surface area contributed by atoms with E-state index < -0.39 is 5.91 Å². The first kappa shape index (κ1) is 20.3. The summed E-state index contributed by atoms with van der Waals surface area (Å²) in [5.74, 6) is -0.340. The van der Waals surface area contributed by atoms with Gasteiger partial charge in [-0.25, -0.2) is 9.97 Å². The standard InChI is InChI=1S/C25H21N7O/c1-32-13-11-19(31-32)15-28-25(33)23-24(26)30-21(16-6-3-2-4-7-16)22(29-23)18-9-10-20-17(14-18)8-5-12-27-20/h2-14H,15H2,1H3,(H2,26,30)(H,28,33). The molecule has 0 aliphatic rings. The third-order valence-corrected chi connectivity index (χ3v) is 5.26. The maximum Gasteiger partial charge on any atom is 0.274 e. The van der Waals surface area contributed by atoms with Crippen LogP contribution in [0.3, 0.4) is 0 Å². The zero-order valence-electron chi connectivity index (χ0n) is 17.9. The molecule has 2 aromatic carbocycles. The molecule has 0 aliphatic heterocycles. The van der Waals surface area contributed by atoms with E-state index in [0.717, 1.165) is 27.7 Å². The highest BCUT2D eigenvalue weighted by Crippen LogP contribution is 2.32. The number of pyridine rings is 1. The lowest BCUT2D eigenvalue weighted by atomic mass is 10.0. The summed E-state index contributed by atoms with van der Waals surface area (Å²) < 4.78 is 1.68. The number of nitrogens with one attached hydrogen (secondary N) is 1. The van der Waals surface area contributed by atoms with E-state index in [0.29, 0.717) is 11.4 Å². The zero-order valence-corrected chi connectivity index (χ0v) is 17.9. The largest absolute Gasteiger partial charge is 0.382 e. The molecule has 0 unspecified atom stereocenters. The Balaban J connectivity index is 1.59. The molecule has 0 saturated heterocycles. The SMILES string of the molecule is Cn1ccc(CNC(=O)c2nc(-c3ccc4ncccc4c3)c(-c3ccccc3)nc2N)n1. The van der Waals surface area contributed by atoms with Crippen LogP contribution in [0.2, 0.25) is 0 Å². The van der Waals surface area contributed by atoms with Crippen LogP contribution in [-0.2, 0) is 13.6 Å². The second-order valence-electron chi connectivity index (χ2n) is 7.59. The van der Waals surface area contributed by atoms with Crippen molar-refractivity contribution in [3.05, 3.63) is 90.5 Å². The van der Waals surface area contributed by atoms with Crippen LogP contribution in [0.4, 0.5) is 5.82 Å². The molecular weight excluding hydrogens is 414 g/mol. The number of rotatable bonds is 5. The third-order valence-electron chi connectivity index (χ3n) is 5.26. The lowest BCUT2D eigenvalue weighted by Gasteiger charge is -2.13. The van der Waals surface area contributed by atoms with Gasteiger partial charge in [0.1, 0.15) is 0 Å². The summed E-state index contributed by atoms with van der Waals surface area (Å²) in [6, 6.07) is 21.2. The van der Waals surface area contributed by atoms with Crippen molar-refractivity contribution in [3.8, 4) is 22.5 Å². The van der Waals surface area contributed by atoms with Crippen LogP contribution in [0.15, 0.2) is 79.1 Å². The number of carbonyl (C=O) groups excluding carboxylic acids is 1. The Morgan fingerprint density at radius 3 is 2.58 bits per heavy atom. The summed E-state index contributed by atoms with van der Waals surface area (Å²) in [7, 11) is 1.82.